The molecule has 1 aromatic carbocycles. The number of fused-ring (bicyclic) bond motifs is 1. The highest BCUT2D eigenvalue weighted by molar-refractivity contribution is 9.10. The Morgan fingerprint density at radius 3 is 2.68 bits per heavy atom. The Labute approximate surface area is 170 Å². The zero-order valence-electron chi connectivity index (χ0n) is 13.8. The molecule has 6 nitrogen and oxygen atoms in total. The van der Waals surface area contributed by atoms with Crippen LogP contribution in [0.4, 0.5) is 5.69 Å². The number of nitrogens with zero attached hydrogens (tertiary/aromatic N) is 3. The van der Waals surface area contributed by atoms with Crippen LogP contribution >= 0.6 is 15.9 Å². The largest absolute Gasteiger partial charge is 1.00 e. The lowest BCUT2D eigenvalue weighted by Gasteiger charge is -1.99. The van der Waals surface area contributed by atoms with Crippen LogP contribution < -0.4 is 28.5 Å². The van der Waals surface area contributed by atoms with Crippen molar-refractivity contribution in [2.24, 2.45) is 0 Å². The van der Waals surface area contributed by atoms with Gasteiger partial charge in [0.25, 0.3) is 5.69 Å². The smallest absolute Gasteiger partial charge is 0.272 e. The average Bonchev–Trinajstić information content (AvgIpc) is 2.97. The highest BCUT2D eigenvalue weighted by Gasteiger charge is 2.19. The summed E-state index contributed by atoms with van der Waals surface area (Å²) < 4.78 is 8.93. The molecule has 0 amide bonds. The number of nitro benzene ring substituents is 1. The van der Waals surface area contributed by atoms with E-state index in [1.54, 1.807) is 6.07 Å². The normalized spacial score (nSPS) is 10.7. The Bertz CT molecular complexity index is 927. The molecular weight excluding hydrogens is 501 g/mol. The number of rotatable bonds is 5. The van der Waals surface area contributed by atoms with Gasteiger partial charge in [0.1, 0.15) is 17.6 Å². The molecule has 0 unspecified atom stereocenters. The summed E-state index contributed by atoms with van der Waals surface area (Å²) in [6.07, 6.45) is 5.62. The SMILES string of the molecule is CCC[n+]1cc(Br)cc(-c2nc3cc([N+](=O)[O-])cc(CC)c3o2)c1.[I-]. The summed E-state index contributed by atoms with van der Waals surface area (Å²) in [5.41, 5.74) is 2.78. The van der Waals surface area contributed by atoms with E-state index in [0.29, 0.717) is 23.4 Å². The standard InChI is InChI=1S/C17H17BrN3O3.HI/c1-3-5-20-9-12(6-13(18)10-20)17-19-15-8-14(21(22)23)7-11(4-2)16(15)24-17;/h6-10H,3-5H2,1-2H3;1H/q+1;/p-1. The summed E-state index contributed by atoms with van der Waals surface area (Å²) in [4.78, 5) is 15.2. The molecule has 0 radical (unpaired) electrons. The molecule has 0 aliphatic rings. The highest BCUT2D eigenvalue weighted by atomic mass is 127. The average molecular weight is 518 g/mol. The first-order valence-electron chi connectivity index (χ1n) is 7.79. The summed E-state index contributed by atoms with van der Waals surface area (Å²) >= 11 is 3.50. The second-order valence-corrected chi connectivity index (χ2v) is 6.48. The van der Waals surface area contributed by atoms with Crippen molar-refractivity contribution < 1.29 is 37.9 Å². The Morgan fingerprint density at radius 2 is 2.04 bits per heavy atom. The van der Waals surface area contributed by atoms with Crippen molar-refractivity contribution in [1.82, 2.24) is 4.98 Å². The van der Waals surface area contributed by atoms with Gasteiger partial charge in [0.05, 0.1) is 9.40 Å². The lowest BCUT2D eigenvalue weighted by molar-refractivity contribution is -0.697. The topological polar surface area (TPSA) is 73.0 Å². The lowest BCUT2D eigenvalue weighted by atomic mass is 10.1. The summed E-state index contributed by atoms with van der Waals surface area (Å²) in [6, 6.07) is 4.94. The summed E-state index contributed by atoms with van der Waals surface area (Å²) in [6.45, 7) is 4.94. The van der Waals surface area contributed by atoms with Gasteiger partial charge in [-0.25, -0.2) is 9.55 Å². The van der Waals surface area contributed by atoms with Crippen LogP contribution in [0.3, 0.4) is 0 Å². The van der Waals surface area contributed by atoms with Gasteiger partial charge >= 0.3 is 0 Å². The number of benzene rings is 1. The molecule has 8 heteroatoms. The molecule has 0 aliphatic heterocycles. The van der Waals surface area contributed by atoms with Crippen molar-refractivity contribution in [1.29, 1.82) is 0 Å². The van der Waals surface area contributed by atoms with Gasteiger partial charge in [0.15, 0.2) is 18.0 Å². The molecule has 25 heavy (non-hydrogen) atoms. The minimum absolute atomic E-state index is 0. The van der Waals surface area contributed by atoms with Crippen LogP contribution in [0.25, 0.3) is 22.6 Å². The van der Waals surface area contributed by atoms with Crippen molar-refractivity contribution >= 4 is 32.7 Å². The first-order valence-corrected chi connectivity index (χ1v) is 8.59. The quantitative estimate of drug-likeness (QED) is 0.222. The molecule has 0 bridgehead atoms. The number of aromatic nitrogens is 2. The fourth-order valence-electron chi connectivity index (χ4n) is 2.68. The molecule has 3 aromatic rings. The maximum Gasteiger partial charge on any atom is 0.272 e. The summed E-state index contributed by atoms with van der Waals surface area (Å²) in [5, 5.41) is 11.1. The van der Waals surface area contributed by atoms with E-state index in [9.17, 15) is 10.1 Å². The second-order valence-electron chi connectivity index (χ2n) is 5.56. The minimum atomic E-state index is -0.402. The molecule has 2 heterocycles. The number of hydrogen-bond donors (Lipinski definition) is 0. The van der Waals surface area contributed by atoms with Crippen molar-refractivity contribution in [3.05, 3.63) is 50.7 Å². The number of non-ortho nitro benzene ring substituents is 1. The second kappa shape index (κ2) is 8.22. The van der Waals surface area contributed by atoms with Crippen molar-refractivity contribution in [2.75, 3.05) is 0 Å². The number of pyridine rings is 1. The Hall–Kier alpha value is -1.55. The molecular formula is C17H17BrIN3O3. The highest BCUT2D eigenvalue weighted by Crippen LogP contribution is 2.30. The van der Waals surface area contributed by atoms with E-state index in [1.165, 1.54) is 6.07 Å². The van der Waals surface area contributed by atoms with Crippen LogP contribution in [0.2, 0.25) is 0 Å². The third kappa shape index (κ3) is 4.17. The molecule has 0 spiro atoms. The summed E-state index contributed by atoms with van der Waals surface area (Å²) in [7, 11) is 0. The number of hydrogen-bond acceptors (Lipinski definition) is 4. The first-order chi connectivity index (χ1) is 11.5. The minimum Gasteiger partial charge on any atom is -1.00 e. The van der Waals surface area contributed by atoms with Crippen molar-refractivity contribution in [2.45, 2.75) is 33.2 Å². The molecule has 2 aromatic heterocycles. The van der Waals surface area contributed by atoms with Gasteiger partial charge in [-0.2, -0.15) is 0 Å². The van der Waals surface area contributed by atoms with Gasteiger partial charge < -0.3 is 28.4 Å². The molecule has 0 saturated carbocycles. The number of halogens is 2. The Morgan fingerprint density at radius 1 is 1.28 bits per heavy atom. The van der Waals surface area contributed by atoms with E-state index in [0.717, 1.165) is 28.6 Å². The van der Waals surface area contributed by atoms with Gasteiger partial charge in [-0.1, -0.05) is 13.8 Å². The monoisotopic (exact) mass is 517 g/mol. The van der Waals surface area contributed by atoms with Gasteiger partial charge in [0, 0.05) is 24.1 Å². The van der Waals surface area contributed by atoms with Crippen LogP contribution in [0, 0.1) is 10.1 Å². The van der Waals surface area contributed by atoms with E-state index >= 15 is 0 Å². The molecule has 0 fully saturated rings. The molecule has 132 valence electrons. The van der Waals surface area contributed by atoms with Gasteiger partial charge in [-0.15, -0.1) is 0 Å². The maximum absolute atomic E-state index is 11.1. The van der Waals surface area contributed by atoms with E-state index in [2.05, 4.69) is 32.4 Å². The molecule has 0 atom stereocenters. The fourth-order valence-corrected chi connectivity index (χ4v) is 3.19. The van der Waals surface area contributed by atoms with Crippen LogP contribution in [0.15, 0.2) is 39.5 Å². The summed E-state index contributed by atoms with van der Waals surface area (Å²) in [5.74, 6) is 0.464. The first kappa shape index (κ1) is 19.8. The molecule has 0 aliphatic carbocycles. The number of nitro groups is 1. The van der Waals surface area contributed by atoms with E-state index in [1.807, 2.05) is 25.4 Å². The zero-order valence-corrected chi connectivity index (χ0v) is 17.6. The van der Waals surface area contributed by atoms with Crippen LogP contribution in [-0.4, -0.2) is 9.91 Å². The molecule has 0 saturated heterocycles. The van der Waals surface area contributed by atoms with E-state index in [-0.39, 0.29) is 29.7 Å². The third-order valence-electron chi connectivity index (χ3n) is 3.76. The molecule has 0 N–H and O–H groups in total. The number of oxazole rings is 1. The Kier molecular flexibility index (Phi) is 6.50. The molecule has 3 rings (SSSR count). The van der Waals surface area contributed by atoms with E-state index in [4.69, 9.17) is 4.42 Å². The van der Waals surface area contributed by atoms with Crippen LogP contribution in [0.1, 0.15) is 25.8 Å². The Balaban J connectivity index is 0.00000225. The van der Waals surface area contributed by atoms with Crippen molar-refractivity contribution in [3.63, 3.8) is 0 Å². The van der Waals surface area contributed by atoms with Gasteiger partial charge in [0.2, 0.25) is 5.89 Å². The third-order valence-corrected chi connectivity index (χ3v) is 4.19. The van der Waals surface area contributed by atoms with E-state index < -0.39 is 4.92 Å². The number of aryl methyl sites for hydroxylation is 2. The predicted molar refractivity (Wildman–Crippen MR) is 93.7 cm³/mol. The fraction of sp³-hybridized carbons (Fsp3) is 0.294. The van der Waals surface area contributed by atoms with Crippen LogP contribution in [-0.2, 0) is 13.0 Å². The maximum atomic E-state index is 11.1. The van der Waals surface area contributed by atoms with Crippen LogP contribution in [0.5, 0.6) is 0 Å². The zero-order chi connectivity index (χ0) is 17.3. The van der Waals surface area contributed by atoms with Crippen molar-refractivity contribution in [3.8, 4) is 11.5 Å². The van der Waals surface area contributed by atoms with Gasteiger partial charge in [-0.3, -0.25) is 10.1 Å². The predicted octanol–water partition coefficient (Wildman–Crippen LogP) is 1.43. The lowest BCUT2D eigenvalue weighted by Crippen LogP contribution is -3.00. The van der Waals surface area contributed by atoms with Gasteiger partial charge in [-0.05, 0) is 28.4 Å².